The van der Waals surface area contributed by atoms with Gasteiger partial charge < -0.3 is 10.3 Å². The first kappa shape index (κ1) is 15.2. The van der Waals surface area contributed by atoms with Crippen molar-refractivity contribution in [2.45, 2.75) is 44.9 Å². The number of anilines is 1. The second kappa shape index (κ2) is 5.45. The summed E-state index contributed by atoms with van der Waals surface area (Å²) in [5.41, 5.74) is 0.869. The lowest BCUT2D eigenvalue weighted by Gasteiger charge is -2.56. The Bertz CT molecular complexity index is 863. The van der Waals surface area contributed by atoms with Gasteiger partial charge in [-0.2, -0.15) is 0 Å². The van der Waals surface area contributed by atoms with E-state index in [0.29, 0.717) is 11.8 Å². The monoisotopic (exact) mass is 336 g/mol. The maximum Gasteiger partial charge on any atom is 0.255 e. The first-order chi connectivity index (χ1) is 12.1. The minimum absolute atomic E-state index is 0.106. The number of fused-ring (bicyclic) bond motifs is 1. The van der Waals surface area contributed by atoms with Crippen LogP contribution >= 0.6 is 0 Å². The zero-order chi connectivity index (χ0) is 17.0. The first-order valence-electron chi connectivity index (χ1n) is 9.50. The van der Waals surface area contributed by atoms with Gasteiger partial charge in [0.25, 0.3) is 5.56 Å². The fourth-order valence-corrected chi connectivity index (χ4v) is 6.37. The van der Waals surface area contributed by atoms with E-state index in [-0.39, 0.29) is 16.9 Å². The van der Waals surface area contributed by atoms with Gasteiger partial charge in [0.15, 0.2) is 0 Å². The summed E-state index contributed by atoms with van der Waals surface area (Å²) in [6.45, 7) is 0. The highest BCUT2D eigenvalue weighted by Crippen LogP contribution is 2.61. The van der Waals surface area contributed by atoms with E-state index in [1.54, 1.807) is 12.3 Å². The van der Waals surface area contributed by atoms with Crippen LogP contribution in [-0.2, 0) is 4.79 Å². The summed E-state index contributed by atoms with van der Waals surface area (Å²) in [6.07, 6.45) is 10.2. The van der Waals surface area contributed by atoms with Gasteiger partial charge in [-0.05, 0) is 79.9 Å². The zero-order valence-electron chi connectivity index (χ0n) is 14.4. The van der Waals surface area contributed by atoms with E-state index in [4.69, 9.17) is 0 Å². The number of hydrogen-bond acceptors (Lipinski definition) is 2. The Morgan fingerprint density at radius 1 is 1.04 bits per heavy atom. The van der Waals surface area contributed by atoms with Crippen LogP contribution in [0.1, 0.15) is 44.9 Å². The fraction of sp³-hybridized carbons (Fsp3) is 0.524. The van der Waals surface area contributed by atoms with Crippen LogP contribution in [0.3, 0.4) is 0 Å². The van der Waals surface area contributed by atoms with Crippen molar-refractivity contribution in [2.75, 3.05) is 5.32 Å². The predicted molar refractivity (Wildman–Crippen MR) is 98.4 cm³/mol. The Morgan fingerprint density at radius 2 is 1.72 bits per heavy atom. The third-order valence-electron chi connectivity index (χ3n) is 6.79. The third kappa shape index (κ3) is 2.59. The molecule has 1 aromatic heterocycles. The minimum Gasteiger partial charge on any atom is -0.329 e. The Labute approximate surface area is 147 Å². The van der Waals surface area contributed by atoms with Gasteiger partial charge in [0, 0.05) is 29.1 Å². The summed E-state index contributed by atoms with van der Waals surface area (Å²) in [4.78, 5) is 27.5. The second-order valence-electron chi connectivity index (χ2n) is 8.72. The highest BCUT2D eigenvalue weighted by molar-refractivity contribution is 6.01. The summed E-state index contributed by atoms with van der Waals surface area (Å²) in [5, 5.41) is 4.53. The number of aromatic nitrogens is 1. The average molecular weight is 336 g/mol. The van der Waals surface area contributed by atoms with Crippen LogP contribution in [0.15, 0.2) is 35.3 Å². The van der Waals surface area contributed by atoms with E-state index >= 15 is 0 Å². The van der Waals surface area contributed by atoms with Gasteiger partial charge in [-0.1, -0.05) is 6.07 Å². The molecule has 0 aliphatic heterocycles. The molecule has 1 amide bonds. The van der Waals surface area contributed by atoms with Crippen molar-refractivity contribution in [1.29, 1.82) is 0 Å². The van der Waals surface area contributed by atoms with Crippen molar-refractivity contribution >= 4 is 22.4 Å². The Morgan fingerprint density at radius 3 is 2.40 bits per heavy atom. The molecule has 4 aliphatic carbocycles. The quantitative estimate of drug-likeness (QED) is 0.887. The van der Waals surface area contributed by atoms with Gasteiger partial charge in [-0.3, -0.25) is 9.59 Å². The molecule has 0 unspecified atom stereocenters. The molecule has 4 heteroatoms. The summed E-state index contributed by atoms with van der Waals surface area (Å²) in [7, 11) is 0. The molecular weight excluding hydrogens is 312 g/mol. The number of benzene rings is 1. The normalized spacial score (nSPS) is 32.9. The van der Waals surface area contributed by atoms with Crippen LogP contribution in [0.2, 0.25) is 0 Å². The molecule has 6 rings (SSSR count). The van der Waals surface area contributed by atoms with Crippen molar-refractivity contribution in [1.82, 2.24) is 4.98 Å². The number of nitrogens with one attached hydrogen (secondary N) is 2. The second-order valence-corrected chi connectivity index (χ2v) is 8.72. The molecule has 4 fully saturated rings. The number of H-pyrrole nitrogens is 1. The van der Waals surface area contributed by atoms with Gasteiger partial charge >= 0.3 is 0 Å². The van der Waals surface area contributed by atoms with Crippen LogP contribution in [0.4, 0.5) is 5.69 Å². The largest absolute Gasteiger partial charge is 0.329 e. The molecule has 1 aromatic carbocycles. The number of pyridine rings is 1. The molecular formula is C21H24N2O2. The maximum atomic E-state index is 12.8. The molecule has 130 valence electrons. The van der Waals surface area contributed by atoms with E-state index in [2.05, 4.69) is 10.3 Å². The zero-order valence-corrected chi connectivity index (χ0v) is 14.4. The van der Waals surface area contributed by atoms with Crippen molar-refractivity contribution in [2.24, 2.45) is 23.2 Å². The lowest BCUT2D eigenvalue weighted by Crippen LogP contribution is -2.47. The minimum atomic E-state index is -0.116. The molecule has 0 radical (unpaired) electrons. The van der Waals surface area contributed by atoms with Crippen LogP contribution in [0.25, 0.3) is 10.8 Å². The summed E-state index contributed by atoms with van der Waals surface area (Å²) in [6, 6.07) is 7.37. The van der Waals surface area contributed by atoms with Gasteiger partial charge in [-0.25, -0.2) is 0 Å². The molecule has 4 saturated carbocycles. The number of rotatable bonds is 3. The highest BCUT2D eigenvalue weighted by Gasteiger charge is 2.51. The van der Waals surface area contributed by atoms with Crippen molar-refractivity contribution < 1.29 is 4.79 Å². The van der Waals surface area contributed by atoms with Gasteiger partial charge in [0.1, 0.15) is 0 Å². The molecule has 0 spiro atoms. The lowest BCUT2D eigenvalue weighted by atomic mass is 9.49. The SMILES string of the molecule is O=C(CC12CC3CC(CC(C3)C1)C2)Nc1cccc2c(=O)[nH]ccc12. The number of carbonyl (C=O) groups excluding carboxylic acids is 1. The Kier molecular flexibility index (Phi) is 3.31. The number of aromatic amines is 1. The van der Waals surface area contributed by atoms with Gasteiger partial charge in [0.2, 0.25) is 5.91 Å². The van der Waals surface area contributed by atoms with Crippen LogP contribution in [0.5, 0.6) is 0 Å². The summed E-state index contributed by atoms with van der Waals surface area (Å²) < 4.78 is 0. The smallest absolute Gasteiger partial charge is 0.255 e. The number of hydrogen-bond donors (Lipinski definition) is 2. The van der Waals surface area contributed by atoms with Crippen molar-refractivity contribution in [3.63, 3.8) is 0 Å². The maximum absolute atomic E-state index is 12.8. The molecule has 4 aliphatic rings. The van der Waals surface area contributed by atoms with E-state index in [1.807, 2.05) is 18.2 Å². The average Bonchev–Trinajstić information content (AvgIpc) is 2.54. The first-order valence-corrected chi connectivity index (χ1v) is 9.50. The predicted octanol–water partition coefficient (Wildman–Crippen LogP) is 4.07. The Hall–Kier alpha value is -2.10. The molecule has 4 bridgehead atoms. The fourth-order valence-electron chi connectivity index (χ4n) is 6.37. The molecule has 1 heterocycles. The van der Waals surface area contributed by atoms with Crippen molar-refractivity contribution in [3.05, 3.63) is 40.8 Å². The summed E-state index contributed by atoms with van der Waals surface area (Å²) >= 11 is 0. The molecule has 25 heavy (non-hydrogen) atoms. The standard InChI is InChI=1S/C21H24N2O2/c24-19(12-21-9-13-6-14(10-21)8-15(7-13)11-21)23-18-3-1-2-17-16(18)4-5-22-20(17)25/h1-5,13-15H,6-12H2,(H,22,25)(H,23,24). The Balaban J connectivity index is 1.38. The number of carbonyl (C=O) groups is 1. The van der Waals surface area contributed by atoms with Gasteiger partial charge in [-0.15, -0.1) is 0 Å². The molecule has 2 N–H and O–H groups in total. The van der Waals surface area contributed by atoms with Crippen LogP contribution in [-0.4, -0.2) is 10.9 Å². The molecule has 0 saturated heterocycles. The molecule has 4 nitrogen and oxygen atoms in total. The summed E-state index contributed by atoms with van der Waals surface area (Å²) in [5.74, 6) is 2.68. The van der Waals surface area contributed by atoms with E-state index in [9.17, 15) is 9.59 Å². The number of amides is 1. The third-order valence-corrected chi connectivity index (χ3v) is 6.79. The molecule has 2 aromatic rings. The molecule has 0 atom stereocenters. The van der Waals surface area contributed by atoms with E-state index in [0.717, 1.165) is 28.8 Å². The lowest BCUT2D eigenvalue weighted by molar-refractivity contribution is -0.124. The van der Waals surface area contributed by atoms with E-state index < -0.39 is 0 Å². The van der Waals surface area contributed by atoms with E-state index in [1.165, 1.54) is 38.5 Å². The topological polar surface area (TPSA) is 62.0 Å². The van der Waals surface area contributed by atoms with Crippen LogP contribution < -0.4 is 10.9 Å². The van der Waals surface area contributed by atoms with Crippen LogP contribution in [0, 0.1) is 23.2 Å². The highest BCUT2D eigenvalue weighted by atomic mass is 16.1. The van der Waals surface area contributed by atoms with Crippen molar-refractivity contribution in [3.8, 4) is 0 Å². The van der Waals surface area contributed by atoms with Gasteiger partial charge in [0.05, 0.1) is 0 Å².